The molecule has 0 aromatic heterocycles. The number of thiocarbonyl (C=S) groups is 1. The number of carbonyl (C=O) groups excluding carboxylic acids is 2. The lowest BCUT2D eigenvalue weighted by atomic mass is 10.2. The van der Waals surface area contributed by atoms with Crippen molar-refractivity contribution < 1.29 is 14.3 Å². The number of likely N-dealkylation sites (tertiary alicyclic amines) is 1. The molecule has 130 valence electrons. The predicted molar refractivity (Wildman–Crippen MR) is 102 cm³/mol. The molecule has 1 aliphatic heterocycles. The summed E-state index contributed by atoms with van der Waals surface area (Å²) in [6, 6.07) is 5.08. The molecule has 1 fully saturated rings. The molecular formula is C16H21N3O3S2. The molecule has 0 unspecified atom stereocenters. The minimum atomic E-state index is -0.177. The lowest BCUT2D eigenvalue weighted by molar-refractivity contribution is -0.114. The van der Waals surface area contributed by atoms with Gasteiger partial charge in [-0.2, -0.15) is 0 Å². The zero-order valence-corrected chi connectivity index (χ0v) is 15.4. The van der Waals surface area contributed by atoms with Gasteiger partial charge in [-0.15, -0.1) is 0 Å². The number of nitrogens with one attached hydrogen (secondary N) is 2. The van der Waals surface area contributed by atoms with E-state index < -0.39 is 0 Å². The lowest BCUT2D eigenvalue weighted by Crippen LogP contribution is -2.25. The maximum atomic E-state index is 12.2. The molecule has 0 aliphatic carbocycles. The van der Waals surface area contributed by atoms with Gasteiger partial charge in [0.1, 0.15) is 10.1 Å². The molecule has 6 nitrogen and oxygen atoms in total. The second-order valence-electron chi connectivity index (χ2n) is 5.39. The molecule has 0 atom stereocenters. The monoisotopic (exact) mass is 367 g/mol. The van der Waals surface area contributed by atoms with E-state index >= 15 is 0 Å². The fraction of sp³-hybridized carbons (Fsp3) is 0.438. The summed E-state index contributed by atoms with van der Waals surface area (Å²) in [6.07, 6.45) is 2.31. The van der Waals surface area contributed by atoms with Crippen molar-refractivity contribution >= 4 is 51.5 Å². The fourth-order valence-corrected chi connectivity index (χ4v) is 3.44. The first-order chi connectivity index (χ1) is 11.5. The summed E-state index contributed by atoms with van der Waals surface area (Å²) in [5, 5.41) is 5.49. The van der Waals surface area contributed by atoms with E-state index in [0.717, 1.165) is 30.3 Å². The standard InChI is InChI=1S/C16H21N3O3S2/c1-11(20)17-12-5-6-14(22-2)13(9-12)18-15(21)10-24-16(23)19-7-3-4-8-19/h5-6,9H,3-4,7-8,10H2,1-2H3,(H,17,20)(H,18,21). The van der Waals surface area contributed by atoms with Crippen molar-refractivity contribution in [3.8, 4) is 5.75 Å². The van der Waals surface area contributed by atoms with Crippen molar-refractivity contribution in [2.24, 2.45) is 0 Å². The van der Waals surface area contributed by atoms with Gasteiger partial charge < -0.3 is 20.3 Å². The van der Waals surface area contributed by atoms with Gasteiger partial charge in [0.05, 0.1) is 18.6 Å². The largest absolute Gasteiger partial charge is 0.495 e. The highest BCUT2D eigenvalue weighted by molar-refractivity contribution is 8.23. The van der Waals surface area contributed by atoms with Crippen molar-refractivity contribution in [1.29, 1.82) is 0 Å². The molecule has 0 radical (unpaired) electrons. The third-order valence-electron chi connectivity index (χ3n) is 3.48. The number of thioether (sulfide) groups is 1. The molecule has 2 rings (SSSR count). The molecular weight excluding hydrogens is 346 g/mol. The van der Waals surface area contributed by atoms with Crippen LogP contribution in [0.4, 0.5) is 11.4 Å². The number of ether oxygens (including phenoxy) is 1. The van der Waals surface area contributed by atoms with Crippen LogP contribution >= 0.6 is 24.0 Å². The molecule has 24 heavy (non-hydrogen) atoms. The fourth-order valence-electron chi connectivity index (χ4n) is 2.39. The minimum Gasteiger partial charge on any atom is -0.495 e. The van der Waals surface area contributed by atoms with E-state index in [0.29, 0.717) is 17.1 Å². The predicted octanol–water partition coefficient (Wildman–Crippen LogP) is 2.71. The van der Waals surface area contributed by atoms with Gasteiger partial charge in [-0.25, -0.2) is 0 Å². The highest BCUT2D eigenvalue weighted by atomic mass is 32.2. The lowest BCUT2D eigenvalue weighted by Gasteiger charge is -2.17. The second kappa shape index (κ2) is 8.89. The number of rotatable bonds is 5. The van der Waals surface area contributed by atoms with Gasteiger partial charge in [-0.1, -0.05) is 24.0 Å². The first kappa shape index (κ1) is 18.5. The molecule has 1 heterocycles. The van der Waals surface area contributed by atoms with Gasteiger partial charge in [0.15, 0.2) is 0 Å². The molecule has 0 spiro atoms. The summed E-state index contributed by atoms with van der Waals surface area (Å²) < 4.78 is 6.01. The van der Waals surface area contributed by atoms with Gasteiger partial charge in [0.25, 0.3) is 0 Å². The summed E-state index contributed by atoms with van der Waals surface area (Å²) in [5.41, 5.74) is 1.11. The Morgan fingerprint density at radius 1 is 1.29 bits per heavy atom. The Kier molecular flexibility index (Phi) is 6.86. The van der Waals surface area contributed by atoms with Crippen LogP contribution in [-0.4, -0.2) is 47.0 Å². The molecule has 8 heteroatoms. The molecule has 1 aromatic rings. The summed E-state index contributed by atoms with van der Waals surface area (Å²) in [5.74, 6) is 0.427. The van der Waals surface area contributed by atoms with Gasteiger partial charge in [-0.3, -0.25) is 9.59 Å². The van der Waals surface area contributed by atoms with Gasteiger partial charge in [0.2, 0.25) is 11.8 Å². The highest BCUT2D eigenvalue weighted by Gasteiger charge is 2.17. The van der Waals surface area contributed by atoms with Crippen molar-refractivity contribution in [3.63, 3.8) is 0 Å². The minimum absolute atomic E-state index is 0.167. The third-order valence-corrected chi connectivity index (χ3v) is 5.01. The number of amides is 2. The average molecular weight is 367 g/mol. The number of hydrogen-bond acceptors (Lipinski definition) is 5. The van der Waals surface area contributed by atoms with E-state index in [1.165, 1.54) is 25.8 Å². The maximum absolute atomic E-state index is 12.2. The Labute approximate surface area is 151 Å². The van der Waals surface area contributed by atoms with Crippen LogP contribution in [0.5, 0.6) is 5.75 Å². The van der Waals surface area contributed by atoms with E-state index in [1.807, 2.05) is 0 Å². The molecule has 2 amide bonds. The summed E-state index contributed by atoms with van der Waals surface area (Å²) >= 11 is 6.71. The number of methoxy groups -OCH3 is 1. The average Bonchev–Trinajstić information content (AvgIpc) is 3.07. The van der Waals surface area contributed by atoms with E-state index in [-0.39, 0.29) is 17.6 Å². The zero-order valence-electron chi connectivity index (χ0n) is 13.8. The smallest absolute Gasteiger partial charge is 0.234 e. The summed E-state index contributed by atoms with van der Waals surface area (Å²) in [6.45, 7) is 3.37. The van der Waals surface area contributed by atoms with Gasteiger partial charge in [0, 0.05) is 25.7 Å². The van der Waals surface area contributed by atoms with Crippen LogP contribution in [0.3, 0.4) is 0 Å². The van der Waals surface area contributed by atoms with Crippen LogP contribution in [0.15, 0.2) is 18.2 Å². The second-order valence-corrected chi connectivity index (χ2v) is 7.00. The van der Waals surface area contributed by atoms with Crippen LogP contribution in [0.25, 0.3) is 0 Å². The SMILES string of the molecule is COc1ccc(NC(C)=O)cc1NC(=O)CSC(=S)N1CCCC1. The number of nitrogens with zero attached hydrogens (tertiary/aromatic N) is 1. The van der Waals surface area contributed by atoms with Gasteiger partial charge >= 0.3 is 0 Å². The Morgan fingerprint density at radius 3 is 2.62 bits per heavy atom. The molecule has 1 aliphatic rings. The first-order valence-electron chi connectivity index (χ1n) is 7.67. The van der Waals surface area contributed by atoms with Crippen LogP contribution in [-0.2, 0) is 9.59 Å². The van der Waals surface area contributed by atoms with Crippen LogP contribution in [0, 0.1) is 0 Å². The summed E-state index contributed by atoms with van der Waals surface area (Å²) in [7, 11) is 1.53. The van der Waals surface area contributed by atoms with Crippen molar-refractivity contribution in [2.75, 3.05) is 36.6 Å². The Balaban J connectivity index is 1.94. The number of hydrogen-bond donors (Lipinski definition) is 2. The maximum Gasteiger partial charge on any atom is 0.234 e. The van der Waals surface area contributed by atoms with Crippen LogP contribution < -0.4 is 15.4 Å². The van der Waals surface area contributed by atoms with Crippen LogP contribution in [0.2, 0.25) is 0 Å². The first-order valence-corrected chi connectivity index (χ1v) is 9.06. The molecule has 2 N–H and O–H groups in total. The Hall–Kier alpha value is -1.80. The van der Waals surface area contributed by atoms with Crippen molar-refractivity contribution in [1.82, 2.24) is 4.90 Å². The number of carbonyl (C=O) groups is 2. The Bertz CT molecular complexity index is 631. The van der Waals surface area contributed by atoms with Crippen molar-refractivity contribution in [2.45, 2.75) is 19.8 Å². The highest BCUT2D eigenvalue weighted by Crippen LogP contribution is 2.28. The molecule has 1 saturated heterocycles. The normalized spacial score (nSPS) is 13.5. The summed E-state index contributed by atoms with van der Waals surface area (Å²) in [4.78, 5) is 25.5. The Morgan fingerprint density at radius 2 is 2.00 bits per heavy atom. The van der Waals surface area contributed by atoms with Crippen LogP contribution in [0.1, 0.15) is 19.8 Å². The van der Waals surface area contributed by atoms with E-state index in [4.69, 9.17) is 17.0 Å². The third kappa shape index (κ3) is 5.38. The van der Waals surface area contributed by atoms with E-state index in [1.54, 1.807) is 18.2 Å². The zero-order chi connectivity index (χ0) is 17.5. The van der Waals surface area contributed by atoms with E-state index in [9.17, 15) is 9.59 Å². The quantitative estimate of drug-likeness (QED) is 0.780. The van der Waals surface area contributed by atoms with E-state index in [2.05, 4.69) is 15.5 Å². The number of benzene rings is 1. The molecule has 0 saturated carbocycles. The van der Waals surface area contributed by atoms with Gasteiger partial charge in [-0.05, 0) is 31.0 Å². The number of anilines is 2. The molecule has 0 bridgehead atoms. The topological polar surface area (TPSA) is 70.7 Å². The molecule has 1 aromatic carbocycles. The van der Waals surface area contributed by atoms with Crippen molar-refractivity contribution in [3.05, 3.63) is 18.2 Å².